The molecule has 22 heavy (non-hydrogen) atoms. The van der Waals surface area contributed by atoms with Gasteiger partial charge in [0.15, 0.2) is 6.10 Å². The highest BCUT2D eigenvalue weighted by molar-refractivity contribution is 5.80. The van der Waals surface area contributed by atoms with E-state index in [4.69, 9.17) is 9.84 Å². The van der Waals surface area contributed by atoms with Crippen LogP contribution in [0.4, 0.5) is 0 Å². The van der Waals surface area contributed by atoms with Gasteiger partial charge in [0, 0.05) is 13.2 Å². The summed E-state index contributed by atoms with van der Waals surface area (Å²) in [6, 6.07) is 7.89. The molecule has 1 unspecified atom stereocenters. The van der Waals surface area contributed by atoms with Gasteiger partial charge in [-0.15, -0.1) is 0 Å². The van der Waals surface area contributed by atoms with E-state index in [0.717, 1.165) is 31.4 Å². The molecule has 1 aromatic rings. The van der Waals surface area contributed by atoms with Crippen LogP contribution >= 0.6 is 0 Å². The molecule has 4 nitrogen and oxygen atoms in total. The summed E-state index contributed by atoms with van der Waals surface area (Å²) < 4.78 is 5.66. The highest BCUT2D eigenvalue weighted by atomic mass is 16.5. The van der Waals surface area contributed by atoms with Gasteiger partial charge < -0.3 is 15.2 Å². The minimum absolute atomic E-state index is 0.0879. The Morgan fingerprint density at radius 1 is 1.09 bits per heavy atom. The molecule has 0 radical (unpaired) electrons. The minimum atomic E-state index is -0.498. The molecule has 0 aromatic heterocycles. The molecular weight excluding hydrogens is 278 g/mol. The summed E-state index contributed by atoms with van der Waals surface area (Å²) in [7, 11) is 0. The first kappa shape index (κ1) is 18.5. The third-order valence-electron chi connectivity index (χ3n) is 3.61. The molecule has 1 rings (SSSR count). The third-order valence-corrected chi connectivity index (χ3v) is 3.61. The quantitative estimate of drug-likeness (QED) is 0.652. The highest BCUT2D eigenvalue weighted by Crippen LogP contribution is 2.19. The van der Waals surface area contributed by atoms with Gasteiger partial charge in [-0.05, 0) is 43.4 Å². The van der Waals surface area contributed by atoms with E-state index in [1.54, 1.807) is 6.92 Å². The molecule has 124 valence electrons. The van der Waals surface area contributed by atoms with Crippen LogP contribution in [-0.4, -0.2) is 30.3 Å². The van der Waals surface area contributed by atoms with Gasteiger partial charge in [0.25, 0.3) is 5.91 Å². The van der Waals surface area contributed by atoms with Crippen LogP contribution in [0.25, 0.3) is 0 Å². The van der Waals surface area contributed by atoms with E-state index in [0.29, 0.717) is 12.5 Å². The van der Waals surface area contributed by atoms with Crippen LogP contribution in [0.15, 0.2) is 24.3 Å². The molecule has 0 saturated heterocycles. The SMILES string of the molecule is CC(Oc1ccc(C(C)C)cc1)C(=O)NCCCCCCO. The lowest BCUT2D eigenvalue weighted by Gasteiger charge is -2.15. The molecule has 1 aromatic carbocycles. The Bertz CT molecular complexity index is 428. The zero-order valence-corrected chi connectivity index (χ0v) is 14.0. The van der Waals surface area contributed by atoms with Gasteiger partial charge in [-0.1, -0.05) is 38.8 Å². The van der Waals surface area contributed by atoms with Crippen LogP contribution in [0, 0.1) is 0 Å². The largest absolute Gasteiger partial charge is 0.481 e. The standard InChI is InChI=1S/C18H29NO3/c1-14(2)16-8-10-17(11-9-16)22-15(3)18(21)19-12-6-4-5-7-13-20/h8-11,14-15,20H,4-7,12-13H2,1-3H3,(H,19,21). The predicted octanol–water partition coefficient (Wildman–Crippen LogP) is 3.25. The molecule has 0 aliphatic heterocycles. The predicted molar refractivity (Wildman–Crippen MR) is 89.2 cm³/mol. The molecule has 0 spiro atoms. The molecule has 0 fully saturated rings. The summed E-state index contributed by atoms with van der Waals surface area (Å²) >= 11 is 0. The molecule has 0 bridgehead atoms. The van der Waals surface area contributed by atoms with E-state index in [1.165, 1.54) is 5.56 Å². The Morgan fingerprint density at radius 2 is 1.73 bits per heavy atom. The Labute approximate surface area is 133 Å². The number of amides is 1. The van der Waals surface area contributed by atoms with Crippen LogP contribution in [0.5, 0.6) is 5.75 Å². The molecular formula is C18H29NO3. The number of carbonyl (C=O) groups excluding carboxylic acids is 1. The number of ether oxygens (including phenoxy) is 1. The van der Waals surface area contributed by atoms with Gasteiger partial charge >= 0.3 is 0 Å². The average molecular weight is 307 g/mol. The summed E-state index contributed by atoms with van der Waals surface area (Å²) in [6.45, 7) is 6.95. The Kier molecular flexibility index (Phi) is 8.60. The smallest absolute Gasteiger partial charge is 0.260 e. The van der Waals surface area contributed by atoms with Gasteiger partial charge in [-0.3, -0.25) is 4.79 Å². The monoisotopic (exact) mass is 307 g/mol. The normalized spacial score (nSPS) is 12.2. The molecule has 0 aliphatic rings. The minimum Gasteiger partial charge on any atom is -0.481 e. The fraction of sp³-hybridized carbons (Fsp3) is 0.611. The lowest BCUT2D eigenvalue weighted by atomic mass is 10.0. The first-order valence-electron chi connectivity index (χ1n) is 8.19. The fourth-order valence-corrected chi connectivity index (χ4v) is 2.13. The first-order chi connectivity index (χ1) is 10.5. The van der Waals surface area contributed by atoms with E-state index in [2.05, 4.69) is 19.2 Å². The summed E-state index contributed by atoms with van der Waals surface area (Å²) in [6.07, 6.45) is 3.29. The molecule has 4 heteroatoms. The Balaban J connectivity index is 2.28. The lowest BCUT2D eigenvalue weighted by Crippen LogP contribution is -2.36. The number of benzene rings is 1. The number of carbonyl (C=O) groups is 1. The number of aliphatic hydroxyl groups excluding tert-OH is 1. The van der Waals surface area contributed by atoms with Gasteiger partial charge in [0.1, 0.15) is 5.75 Å². The highest BCUT2D eigenvalue weighted by Gasteiger charge is 2.13. The van der Waals surface area contributed by atoms with Crippen molar-refractivity contribution in [1.82, 2.24) is 5.32 Å². The molecule has 0 heterocycles. The van der Waals surface area contributed by atoms with Gasteiger partial charge in [0.2, 0.25) is 0 Å². The maximum atomic E-state index is 11.9. The number of aliphatic hydroxyl groups is 1. The third kappa shape index (κ3) is 6.94. The molecule has 1 amide bonds. The molecule has 1 atom stereocenters. The van der Waals surface area contributed by atoms with E-state index < -0.39 is 6.10 Å². The van der Waals surface area contributed by atoms with Crippen molar-refractivity contribution in [3.05, 3.63) is 29.8 Å². The number of hydrogen-bond acceptors (Lipinski definition) is 3. The van der Waals surface area contributed by atoms with E-state index in [1.807, 2.05) is 24.3 Å². The zero-order valence-electron chi connectivity index (χ0n) is 14.0. The molecule has 2 N–H and O–H groups in total. The summed E-state index contributed by atoms with van der Waals surface area (Å²) in [5.74, 6) is 1.12. The van der Waals surface area contributed by atoms with E-state index in [-0.39, 0.29) is 12.5 Å². The Hall–Kier alpha value is -1.55. The second-order valence-electron chi connectivity index (χ2n) is 5.91. The average Bonchev–Trinajstić information content (AvgIpc) is 2.51. The van der Waals surface area contributed by atoms with Gasteiger partial charge in [-0.2, -0.15) is 0 Å². The summed E-state index contributed by atoms with van der Waals surface area (Å²) in [5.41, 5.74) is 1.26. The van der Waals surface area contributed by atoms with Gasteiger partial charge in [0.05, 0.1) is 0 Å². The van der Waals surface area contributed by atoms with Crippen LogP contribution in [0.2, 0.25) is 0 Å². The summed E-state index contributed by atoms with van der Waals surface area (Å²) in [4.78, 5) is 11.9. The summed E-state index contributed by atoms with van der Waals surface area (Å²) in [5, 5.41) is 11.6. The molecule has 0 aliphatic carbocycles. The van der Waals surface area contributed by atoms with Crippen molar-refractivity contribution in [3.63, 3.8) is 0 Å². The number of unbranched alkanes of at least 4 members (excludes halogenated alkanes) is 3. The maximum Gasteiger partial charge on any atom is 0.260 e. The molecule has 0 saturated carbocycles. The van der Waals surface area contributed by atoms with Crippen molar-refractivity contribution in [2.45, 2.75) is 58.5 Å². The maximum absolute atomic E-state index is 11.9. The Morgan fingerprint density at radius 3 is 2.32 bits per heavy atom. The zero-order chi connectivity index (χ0) is 16.4. The van der Waals surface area contributed by atoms with Crippen molar-refractivity contribution < 1.29 is 14.6 Å². The van der Waals surface area contributed by atoms with Crippen molar-refractivity contribution in [1.29, 1.82) is 0 Å². The first-order valence-corrected chi connectivity index (χ1v) is 8.19. The van der Waals surface area contributed by atoms with E-state index >= 15 is 0 Å². The topological polar surface area (TPSA) is 58.6 Å². The van der Waals surface area contributed by atoms with E-state index in [9.17, 15) is 4.79 Å². The van der Waals surface area contributed by atoms with Crippen LogP contribution in [0.3, 0.4) is 0 Å². The fourth-order valence-electron chi connectivity index (χ4n) is 2.13. The van der Waals surface area contributed by atoms with Crippen molar-refractivity contribution in [3.8, 4) is 5.75 Å². The number of nitrogens with one attached hydrogen (secondary N) is 1. The van der Waals surface area contributed by atoms with Crippen LogP contribution in [0.1, 0.15) is 57.9 Å². The van der Waals surface area contributed by atoms with Crippen molar-refractivity contribution >= 4 is 5.91 Å². The van der Waals surface area contributed by atoms with Crippen LogP contribution in [-0.2, 0) is 4.79 Å². The van der Waals surface area contributed by atoms with Gasteiger partial charge in [-0.25, -0.2) is 0 Å². The second-order valence-corrected chi connectivity index (χ2v) is 5.91. The second kappa shape index (κ2) is 10.2. The van der Waals surface area contributed by atoms with Crippen molar-refractivity contribution in [2.75, 3.05) is 13.2 Å². The lowest BCUT2D eigenvalue weighted by molar-refractivity contribution is -0.127. The van der Waals surface area contributed by atoms with Crippen LogP contribution < -0.4 is 10.1 Å². The number of hydrogen-bond donors (Lipinski definition) is 2. The number of rotatable bonds is 10. The van der Waals surface area contributed by atoms with Crippen molar-refractivity contribution in [2.24, 2.45) is 0 Å².